The molecule has 0 aliphatic heterocycles. The number of anilines is 1. The van der Waals surface area contributed by atoms with E-state index in [1.807, 2.05) is 0 Å². The van der Waals surface area contributed by atoms with Crippen molar-refractivity contribution in [2.24, 2.45) is 5.73 Å². The molecule has 3 aromatic rings. The summed E-state index contributed by atoms with van der Waals surface area (Å²) in [5.41, 5.74) is 7.14. The summed E-state index contributed by atoms with van der Waals surface area (Å²) in [6.45, 7) is 0.278. The molecule has 2 N–H and O–H groups in total. The number of primary amides is 1. The van der Waals surface area contributed by atoms with Crippen LogP contribution in [0.15, 0.2) is 77.7 Å². The fourth-order valence-corrected chi connectivity index (χ4v) is 4.46. The number of rotatable bonds is 8. The third kappa shape index (κ3) is 5.32. The van der Waals surface area contributed by atoms with Gasteiger partial charge in [-0.1, -0.05) is 18.2 Å². The first-order valence-corrected chi connectivity index (χ1v) is 11.4. The van der Waals surface area contributed by atoms with Crippen molar-refractivity contribution >= 4 is 27.5 Å². The van der Waals surface area contributed by atoms with Crippen LogP contribution in [0.3, 0.4) is 0 Å². The number of methoxy groups -OCH3 is 1. The molecule has 0 aliphatic rings. The second-order valence-electron chi connectivity index (χ2n) is 7.42. The molecule has 0 radical (unpaired) electrons. The van der Waals surface area contributed by atoms with E-state index in [4.69, 9.17) is 10.5 Å². The lowest BCUT2D eigenvalue weighted by Gasteiger charge is -2.21. The van der Waals surface area contributed by atoms with Crippen molar-refractivity contribution in [2.75, 3.05) is 25.5 Å². The molecule has 9 heteroatoms. The summed E-state index contributed by atoms with van der Waals surface area (Å²) in [5, 5.41) is 0. The van der Waals surface area contributed by atoms with Gasteiger partial charge in [0, 0.05) is 31.8 Å². The van der Waals surface area contributed by atoms with Crippen molar-refractivity contribution in [3.05, 3.63) is 89.5 Å². The van der Waals surface area contributed by atoms with Crippen LogP contribution in [0.1, 0.15) is 26.3 Å². The van der Waals surface area contributed by atoms with Crippen LogP contribution in [0.5, 0.6) is 5.75 Å². The van der Waals surface area contributed by atoms with Crippen molar-refractivity contribution in [3.8, 4) is 5.75 Å². The van der Waals surface area contributed by atoms with Crippen molar-refractivity contribution < 1.29 is 22.7 Å². The van der Waals surface area contributed by atoms with E-state index in [-0.39, 0.29) is 22.9 Å². The van der Waals surface area contributed by atoms with E-state index in [1.165, 1.54) is 37.3 Å². The summed E-state index contributed by atoms with van der Waals surface area (Å²) in [6, 6.07) is 19.2. The van der Waals surface area contributed by atoms with Gasteiger partial charge in [0.25, 0.3) is 15.9 Å². The van der Waals surface area contributed by atoms with Crippen LogP contribution in [0, 0.1) is 0 Å². The molecule has 0 spiro atoms. The molecule has 0 unspecified atom stereocenters. The first kappa shape index (κ1) is 23.8. The third-order valence-corrected chi connectivity index (χ3v) is 6.96. The Kier molecular flexibility index (Phi) is 7.03. The highest BCUT2D eigenvalue weighted by Crippen LogP contribution is 2.25. The zero-order valence-electron chi connectivity index (χ0n) is 18.6. The number of benzene rings is 3. The van der Waals surface area contributed by atoms with Gasteiger partial charge in [0.1, 0.15) is 5.75 Å². The molecular weight excluding hydrogens is 442 g/mol. The molecule has 0 saturated heterocycles. The van der Waals surface area contributed by atoms with E-state index in [0.29, 0.717) is 17.0 Å². The Hall–Kier alpha value is -3.85. The van der Waals surface area contributed by atoms with E-state index < -0.39 is 15.9 Å². The second kappa shape index (κ2) is 9.74. The number of hydrogen-bond acceptors (Lipinski definition) is 5. The summed E-state index contributed by atoms with van der Waals surface area (Å²) in [7, 11) is 0.718. The predicted molar refractivity (Wildman–Crippen MR) is 126 cm³/mol. The molecule has 0 fully saturated rings. The maximum Gasteiger partial charge on any atom is 0.264 e. The maximum absolute atomic E-state index is 13.1. The van der Waals surface area contributed by atoms with Crippen LogP contribution in [-0.4, -0.2) is 46.3 Å². The lowest BCUT2D eigenvalue weighted by molar-refractivity contribution is 0.0784. The molecule has 0 heterocycles. The molecule has 0 aromatic heterocycles. The first-order chi connectivity index (χ1) is 15.6. The number of hydrogen-bond donors (Lipinski definition) is 1. The summed E-state index contributed by atoms with van der Waals surface area (Å²) in [5.74, 6) is -0.244. The van der Waals surface area contributed by atoms with Gasteiger partial charge in [-0.25, -0.2) is 8.42 Å². The minimum atomic E-state index is -3.89. The Morgan fingerprint density at radius 2 is 1.55 bits per heavy atom. The number of amides is 2. The number of carbonyl (C=O) groups excluding carboxylic acids is 2. The standard InChI is InChI=1S/C24H25N3O5S/c1-26(16-17-7-9-18(10-8-17)23(25)28)24(29)19-5-4-6-22(15-19)33(30,31)27(2)20-11-13-21(32-3)14-12-20/h4-15H,16H2,1-3H3,(H2,25,28). The highest BCUT2D eigenvalue weighted by molar-refractivity contribution is 7.92. The molecule has 3 rings (SSSR count). The topological polar surface area (TPSA) is 110 Å². The van der Waals surface area contributed by atoms with Gasteiger partial charge in [-0.15, -0.1) is 0 Å². The fraction of sp³-hybridized carbons (Fsp3) is 0.167. The average Bonchev–Trinajstić information content (AvgIpc) is 2.83. The zero-order chi connectivity index (χ0) is 24.2. The summed E-state index contributed by atoms with van der Waals surface area (Å²) in [6.07, 6.45) is 0. The molecule has 0 saturated carbocycles. The van der Waals surface area contributed by atoms with Crippen LogP contribution in [-0.2, 0) is 16.6 Å². The molecule has 8 nitrogen and oxygen atoms in total. The Balaban J connectivity index is 1.79. The highest BCUT2D eigenvalue weighted by atomic mass is 32.2. The Morgan fingerprint density at radius 3 is 2.12 bits per heavy atom. The van der Waals surface area contributed by atoms with E-state index in [2.05, 4.69) is 0 Å². The number of ether oxygens (including phenoxy) is 1. The predicted octanol–water partition coefficient (Wildman–Crippen LogP) is 2.89. The van der Waals surface area contributed by atoms with Crippen LogP contribution >= 0.6 is 0 Å². The van der Waals surface area contributed by atoms with Gasteiger partial charge in [-0.2, -0.15) is 0 Å². The summed E-state index contributed by atoms with van der Waals surface area (Å²) < 4.78 is 32.5. The Morgan fingerprint density at radius 1 is 0.909 bits per heavy atom. The maximum atomic E-state index is 13.1. The summed E-state index contributed by atoms with van der Waals surface area (Å²) >= 11 is 0. The normalized spacial score (nSPS) is 11.0. The minimum absolute atomic E-state index is 0.00544. The van der Waals surface area contributed by atoms with E-state index in [0.717, 1.165) is 9.87 Å². The Labute approximate surface area is 193 Å². The zero-order valence-corrected chi connectivity index (χ0v) is 19.4. The monoisotopic (exact) mass is 467 g/mol. The SMILES string of the molecule is COc1ccc(N(C)S(=O)(=O)c2cccc(C(=O)N(C)Cc3ccc(C(N)=O)cc3)c2)cc1. The lowest BCUT2D eigenvalue weighted by atomic mass is 10.1. The van der Waals surface area contributed by atoms with Gasteiger partial charge in [0.15, 0.2) is 0 Å². The van der Waals surface area contributed by atoms with Crippen molar-refractivity contribution in [3.63, 3.8) is 0 Å². The molecule has 2 amide bonds. The number of sulfonamides is 1. The van der Waals surface area contributed by atoms with E-state index in [9.17, 15) is 18.0 Å². The van der Waals surface area contributed by atoms with Gasteiger partial charge in [-0.3, -0.25) is 13.9 Å². The van der Waals surface area contributed by atoms with Crippen molar-refractivity contribution in [2.45, 2.75) is 11.4 Å². The third-order valence-electron chi connectivity index (χ3n) is 5.18. The van der Waals surface area contributed by atoms with Crippen molar-refractivity contribution in [1.82, 2.24) is 4.90 Å². The molecule has 3 aromatic carbocycles. The van der Waals surface area contributed by atoms with E-state index >= 15 is 0 Å². The number of carbonyl (C=O) groups is 2. The highest BCUT2D eigenvalue weighted by Gasteiger charge is 2.23. The molecular formula is C24H25N3O5S. The van der Waals surface area contributed by atoms with Gasteiger partial charge >= 0.3 is 0 Å². The van der Waals surface area contributed by atoms with Gasteiger partial charge in [0.05, 0.1) is 17.7 Å². The average molecular weight is 468 g/mol. The van der Waals surface area contributed by atoms with Crippen LogP contribution in [0.2, 0.25) is 0 Å². The molecule has 33 heavy (non-hydrogen) atoms. The summed E-state index contributed by atoms with van der Waals surface area (Å²) in [4.78, 5) is 25.6. The second-order valence-corrected chi connectivity index (χ2v) is 9.39. The fourth-order valence-electron chi connectivity index (χ4n) is 3.22. The first-order valence-electron chi connectivity index (χ1n) is 10.0. The quantitative estimate of drug-likeness (QED) is 0.548. The largest absolute Gasteiger partial charge is 0.497 e. The number of nitrogens with two attached hydrogens (primary N) is 1. The Bertz CT molecular complexity index is 1260. The van der Waals surface area contributed by atoms with Gasteiger partial charge in [0.2, 0.25) is 5.91 Å². The smallest absolute Gasteiger partial charge is 0.264 e. The lowest BCUT2D eigenvalue weighted by Crippen LogP contribution is -2.28. The van der Waals surface area contributed by atoms with Gasteiger partial charge < -0.3 is 15.4 Å². The molecule has 0 bridgehead atoms. The van der Waals surface area contributed by atoms with E-state index in [1.54, 1.807) is 61.6 Å². The molecule has 172 valence electrons. The van der Waals surface area contributed by atoms with Crippen LogP contribution in [0.4, 0.5) is 5.69 Å². The molecule has 0 aliphatic carbocycles. The minimum Gasteiger partial charge on any atom is -0.497 e. The number of nitrogens with zero attached hydrogens (tertiary/aromatic N) is 2. The van der Waals surface area contributed by atoms with Crippen molar-refractivity contribution in [1.29, 1.82) is 0 Å². The van der Waals surface area contributed by atoms with Crippen LogP contribution < -0.4 is 14.8 Å². The van der Waals surface area contributed by atoms with Crippen LogP contribution in [0.25, 0.3) is 0 Å². The van der Waals surface area contributed by atoms with Gasteiger partial charge in [-0.05, 0) is 60.2 Å². The molecule has 0 atom stereocenters.